The van der Waals surface area contributed by atoms with Crippen LogP contribution >= 0.6 is 0 Å². The second kappa shape index (κ2) is 9.01. The maximum atomic E-state index is 5.46. The molecule has 0 aromatic rings. The van der Waals surface area contributed by atoms with Crippen LogP contribution < -0.4 is 5.32 Å². The molecule has 3 nitrogen and oxygen atoms in total. The van der Waals surface area contributed by atoms with Crippen LogP contribution in [0.3, 0.4) is 0 Å². The fraction of sp³-hybridized carbons (Fsp3) is 1.00. The summed E-state index contributed by atoms with van der Waals surface area (Å²) >= 11 is 0. The van der Waals surface area contributed by atoms with Gasteiger partial charge in [-0.2, -0.15) is 0 Å². The van der Waals surface area contributed by atoms with Crippen LogP contribution in [0.15, 0.2) is 0 Å². The van der Waals surface area contributed by atoms with Gasteiger partial charge in [-0.3, -0.25) is 4.90 Å². The molecule has 0 aromatic carbocycles. The zero-order valence-corrected chi connectivity index (χ0v) is 14.4. The third kappa shape index (κ3) is 7.05. The molecule has 0 radical (unpaired) electrons. The molecular weight excluding hydrogens is 248 g/mol. The van der Waals surface area contributed by atoms with Crippen LogP contribution in [0.1, 0.15) is 59.8 Å². The minimum absolute atomic E-state index is 0.183. The lowest BCUT2D eigenvalue weighted by Crippen LogP contribution is -2.50. The topological polar surface area (TPSA) is 24.5 Å². The van der Waals surface area contributed by atoms with E-state index < -0.39 is 0 Å². The Balaban J connectivity index is 2.49. The fourth-order valence-electron chi connectivity index (χ4n) is 3.16. The quantitative estimate of drug-likeness (QED) is 0.776. The lowest BCUT2D eigenvalue weighted by Gasteiger charge is -2.33. The SMILES string of the molecule is CCCC1CCCN(C(CNC(C)(C)C)COC)CC1. The maximum Gasteiger partial charge on any atom is 0.0630 e. The smallest absolute Gasteiger partial charge is 0.0630 e. The Labute approximate surface area is 126 Å². The molecule has 1 fully saturated rings. The van der Waals surface area contributed by atoms with E-state index in [0.717, 1.165) is 19.1 Å². The molecule has 1 aliphatic heterocycles. The van der Waals surface area contributed by atoms with Crippen LogP contribution in [0.25, 0.3) is 0 Å². The summed E-state index contributed by atoms with van der Waals surface area (Å²) in [6.07, 6.45) is 6.86. The van der Waals surface area contributed by atoms with Crippen molar-refractivity contribution in [1.82, 2.24) is 10.2 Å². The molecule has 1 saturated heterocycles. The van der Waals surface area contributed by atoms with E-state index >= 15 is 0 Å². The van der Waals surface area contributed by atoms with Gasteiger partial charge in [0, 0.05) is 25.2 Å². The van der Waals surface area contributed by atoms with E-state index in [0.29, 0.717) is 6.04 Å². The molecule has 120 valence electrons. The normalized spacial score (nSPS) is 23.6. The van der Waals surface area contributed by atoms with Gasteiger partial charge in [0.05, 0.1) is 6.61 Å². The third-order valence-electron chi connectivity index (χ3n) is 4.32. The van der Waals surface area contributed by atoms with Gasteiger partial charge in [0.15, 0.2) is 0 Å². The van der Waals surface area contributed by atoms with Crippen molar-refractivity contribution in [3.8, 4) is 0 Å². The predicted molar refractivity (Wildman–Crippen MR) is 87.2 cm³/mol. The molecule has 0 bridgehead atoms. The summed E-state index contributed by atoms with van der Waals surface area (Å²) in [7, 11) is 1.82. The minimum Gasteiger partial charge on any atom is -0.383 e. The van der Waals surface area contributed by atoms with Gasteiger partial charge < -0.3 is 10.1 Å². The summed E-state index contributed by atoms with van der Waals surface area (Å²) in [4.78, 5) is 2.65. The summed E-state index contributed by atoms with van der Waals surface area (Å²) in [5, 5.41) is 3.64. The van der Waals surface area contributed by atoms with Crippen molar-refractivity contribution in [1.29, 1.82) is 0 Å². The molecule has 0 aromatic heterocycles. The largest absolute Gasteiger partial charge is 0.383 e. The molecule has 1 N–H and O–H groups in total. The van der Waals surface area contributed by atoms with Crippen molar-refractivity contribution in [2.24, 2.45) is 5.92 Å². The van der Waals surface area contributed by atoms with Crippen LogP contribution in [-0.2, 0) is 4.74 Å². The lowest BCUT2D eigenvalue weighted by atomic mass is 9.96. The van der Waals surface area contributed by atoms with E-state index in [2.05, 4.69) is 37.9 Å². The summed E-state index contributed by atoms with van der Waals surface area (Å²) in [5.41, 5.74) is 0.183. The molecule has 1 rings (SSSR count). The Morgan fingerprint density at radius 3 is 2.60 bits per heavy atom. The van der Waals surface area contributed by atoms with Crippen molar-refractivity contribution in [2.75, 3.05) is 33.4 Å². The zero-order chi connectivity index (χ0) is 15.0. The highest BCUT2D eigenvalue weighted by molar-refractivity contribution is 4.81. The maximum absolute atomic E-state index is 5.46. The number of rotatable bonds is 7. The molecule has 20 heavy (non-hydrogen) atoms. The van der Waals surface area contributed by atoms with E-state index in [-0.39, 0.29) is 5.54 Å². The second-order valence-electron chi connectivity index (χ2n) is 7.36. The average Bonchev–Trinajstić information content (AvgIpc) is 2.60. The lowest BCUT2D eigenvalue weighted by molar-refractivity contribution is 0.0866. The van der Waals surface area contributed by atoms with Crippen LogP contribution in [0.2, 0.25) is 0 Å². The molecule has 0 amide bonds. The van der Waals surface area contributed by atoms with Gasteiger partial charge >= 0.3 is 0 Å². The predicted octanol–water partition coefficient (Wildman–Crippen LogP) is 3.29. The molecule has 0 spiro atoms. The van der Waals surface area contributed by atoms with E-state index in [9.17, 15) is 0 Å². The van der Waals surface area contributed by atoms with Crippen LogP contribution in [0, 0.1) is 5.92 Å². The Morgan fingerprint density at radius 1 is 1.25 bits per heavy atom. The number of nitrogens with one attached hydrogen (secondary N) is 1. The Morgan fingerprint density at radius 2 is 2.00 bits per heavy atom. The van der Waals surface area contributed by atoms with Gasteiger partial charge in [-0.05, 0) is 59.0 Å². The summed E-state index contributed by atoms with van der Waals surface area (Å²) in [6, 6.07) is 0.514. The van der Waals surface area contributed by atoms with Crippen molar-refractivity contribution < 1.29 is 4.74 Å². The first kappa shape index (κ1) is 17.9. The van der Waals surface area contributed by atoms with E-state index in [1.54, 1.807) is 0 Å². The molecule has 2 atom stereocenters. The third-order valence-corrected chi connectivity index (χ3v) is 4.32. The number of hydrogen-bond acceptors (Lipinski definition) is 3. The Bertz CT molecular complexity index is 250. The number of ether oxygens (including phenoxy) is 1. The highest BCUT2D eigenvalue weighted by atomic mass is 16.5. The Hall–Kier alpha value is -0.120. The van der Waals surface area contributed by atoms with E-state index in [1.165, 1.54) is 45.2 Å². The van der Waals surface area contributed by atoms with E-state index in [1.807, 2.05) is 7.11 Å². The second-order valence-corrected chi connectivity index (χ2v) is 7.36. The van der Waals surface area contributed by atoms with Crippen molar-refractivity contribution in [3.63, 3.8) is 0 Å². The molecule has 0 saturated carbocycles. The highest BCUT2D eigenvalue weighted by Crippen LogP contribution is 2.23. The van der Waals surface area contributed by atoms with E-state index in [4.69, 9.17) is 4.74 Å². The first-order valence-electron chi connectivity index (χ1n) is 8.44. The van der Waals surface area contributed by atoms with Gasteiger partial charge in [-0.15, -0.1) is 0 Å². The molecule has 1 aliphatic rings. The first-order chi connectivity index (χ1) is 9.46. The standard InChI is InChI=1S/C17H36N2O/c1-6-8-15-9-7-11-19(12-10-15)16(14-20-5)13-18-17(2,3)4/h15-16,18H,6-14H2,1-5H3. The minimum atomic E-state index is 0.183. The van der Waals surface area contributed by atoms with Crippen molar-refractivity contribution in [3.05, 3.63) is 0 Å². The summed E-state index contributed by atoms with van der Waals surface area (Å²) in [5.74, 6) is 0.948. The number of hydrogen-bond donors (Lipinski definition) is 1. The van der Waals surface area contributed by atoms with Gasteiger partial charge in [0.25, 0.3) is 0 Å². The fourth-order valence-corrected chi connectivity index (χ4v) is 3.16. The first-order valence-corrected chi connectivity index (χ1v) is 8.44. The van der Waals surface area contributed by atoms with Crippen LogP contribution in [-0.4, -0.2) is 49.8 Å². The molecule has 3 heteroatoms. The molecule has 1 heterocycles. The Kier molecular flexibility index (Phi) is 8.08. The number of nitrogens with zero attached hydrogens (tertiary/aromatic N) is 1. The zero-order valence-electron chi connectivity index (χ0n) is 14.4. The van der Waals surface area contributed by atoms with Gasteiger partial charge in [0.2, 0.25) is 0 Å². The monoisotopic (exact) mass is 284 g/mol. The van der Waals surface area contributed by atoms with Gasteiger partial charge in [-0.25, -0.2) is 0 Å². The summed E-state index contributed by atoms with van der Waals surface area (Å²) in [6.45, 7) is 13.3. The van der Waals surface area contributed by atoms with Crippen molar-refractivity contribution in [2.45, 2.75) is 71.4 Å². The van der Waals surface area contributed by atoms with Crippen LogP contribution in [0.5, 0.6) is 0 Å². The highest BCUT2D eigenvalue weighted by Gasteiger charge is 2.24. The van der Waals surface area contributed by atoms with Crippen LogP contribution in [0.4, 0.5) is 0 Å². The molecule has 2 unspecified atom stereocenters. The average molecular weight is 284 g/mol. The number of likely N-dealkylation sites (tertiary alicyclic amines) is 1. The summed E-state index contributed by atoms with van der Waals surface area (Å²) < 4.78 is 5.46. The van der Waals surface area contributed by atoms with Gasteiger partial charge in [-0.1, -0.05) is 19.8 Å². The number of methoxy groups -OCH3 is 1. The van der Waals surface area contributed by atoms with Crippen molar-refractivity contribution >= 4 is 0 Å². The molecular formula is C17H36N2O. The van der Waals surface area contributed by atoms with Gasteiger partial charge in [0.1, 0.15) is 0 Å². The molecule has 0 aliphatic carbocycles.